The summed E-state index contributed by atoms with van der Waals surface area (Å²) < 4.78 is 0. The highest BCUT2D eigenvalue weighted by Crippen LogP contribution is 2.18. The van der Waals surface area contributed by atoms with Gasteiger partial charge in [0.05, 0.1) is 0 Å². The standard InChI is InChI=1S/C16H21Si/c1-17(2,3)12-6-7-14-10-11-15-8-4-5-9-16(15)13-14/h5,8-11,13H,6-7,12H2,1-3H3. The first-order valence-corrected chi connectivity index (χ1v) is 10.1. The van der Waals surface area contributed by atoms with Gasteiger partial charge in [-0.2, -0.15) is 0 Å². The Morgan fingerprint density at radius 1 is 1.06 bits per heavy atom. The molecule has 0 unspecified atom stereocenters. The van der Waals surface area contributed by atoms with Crippen molar-refractivity contribution in [1.29, 1.82) is 0 Å². The predicted molar refractivity (Wildman–Crippen MR) is 79.3 cm³/mol. The van der Waals surface area contributed by atoms with E-state index in [4.69, 9.17) is 0 Å². The van der Waals surface area contributed by atoms with E-state index in [1.165, 1.54) is 35.2 Å². The van der Waals surface area contributed by atoms with Gasteiger partial charge >= 0.3 is 0 Å². The maximum absolute atomic E-state index is 3.12. The number of hydrogen-bond donors (Lipinski definition) is 0. The fourth-order valence-electron chi connectivity index (χ4n) is 2.15. The van der Waals surface area contributed by atoms with Gasteiger partial charge in [0.2, 0.25) is 0 Å². The first kappa shape index (κ1) is 12.4. The number of rotatable bonds is 4. The smallest absolute Gasteiger partial charge is 0.0442 e. The van der Waals surface area contributed by atoms with Crippen molar-refractivity contribution < 1.29 is 0 Å². The van der Waals surface area contributed by atoms with Crippen LogP contribution in [-0.4, -0.2) is 8.07 Å². The second-order valence-electron chi connectivity index (χ2n) is 6.02. The van der Waals surface area contributed by atoms with Gasteiger partial charge < -0.3 is 0 Å². The van der Waals surface area contributed by atoms with Crippen LogP contribution in [0.5, 0.6) is 0 Å². The SMILES string of the molecule is C[Si](C)(C)CCCc1ccc2c[c]ccc2c1. The van der Waals surface area contributed by atoms with Gasteiger partial charge in [-0.15, -0.1) is 0 Å². The fraction of sp³-hybridized carbons (Fsp3) is 0.375. The molecular formula is C16H21Si. The molecule has 0 aromatic heterocycles. The van der Waals surface area contributed by atoms with Gasteiger partial charge in [-0.05, 0) is 34.9 Å². The van der Waals surface area contributed by atoms with Crippen LogP contribution >= 0.6 is 0 Å². The van der Waals surface area contributed by atoms with Crippen molar-refractivity contribution in [1.82, 2.24) is 0 Å². The third-order valence-electron chi connectivity index (χ3n) is 3.14. The summed E-state index contributed by atoms with van der Waals surface area (Å²) in [7, 11) is -0.870. The average Bonchev–Trinajstić information content (AvgIpc) is 2.27. The van der Waals surface area contributed by atoms with Gasteiger partial charge in [0.1, 0.15) is 0 Å². The molecule has 2 aromatic carbocycles. The first-order valence-electron chi connectivity index (χ1n) is 6.43. The van der Waals surface area contributed by atoms with Crippen molar-refractivity contribution in [2.24, 2.45) is 0 Å². The third-order valence-corrected chi connectivity index (χ3v) is 4.99. The summed E-state index contributed by atoms with van der Waals surface area (Å²) in [5.74, 6) is 0. The van der Waals surface area contributed by atoms with E-state index < -0.39 is 8.07 Å². The van der Waals surface area contributed by atoms with Crippen LogP contribution in [0.15, 0.2) is 36.4 Å². The molecule has 2 aromatic rings. The molecule has 0 aliphatic heterocycles. The van der Waals surface area contributed by atoms with Crippen molar-refractivity contribution in [3.05, 3.63) is 48.0 Å². The van der Waals surface area contributed by atoms with Crippen molar-refractivity contribution in [3.63, 3.8) is 0 Å². The Hall–Kier alpha value is -1.08. The van der Waals surface area contributed by atoms with Crippen molar-refractivity contribution in [2.75, 3.05) is 0 Å². The third kappa shape index (κ3) is 3.71. The molecular weight excluding hydrogens is 220 g/mol. The van der Waals surface area contributed by atoms with Crippen LogP contribution in [0.2, 0.25) is 25.7 Å². The molecule has 1 heteroatoms. The highest BCUT2D eigenvalue weighted by Gasteiger charge is 2.11. The molecule has 0 atom stereocenters. The van der Waals surface area contributed by atoms with Crippen LogP contribution in [-0.2, 0) is 6.42 Å². The van der Waals surface area contributed by atoms with E-state index in [1.54, 1.807) is 0 Å². The summed E-state index contributed by atoms with van der Waals surface area (Å²) >= 11 is 0. The second-order valence-corrected chi connectivity index (χ2v) is 11.6. The quantitative estimate of drug-likeness (QED) is 0.667. The zero-order valence-corrected chi connectivity index (χ0v) is 12.1. The van der Waals surface area contributed by atoms with Gasteiger partial charge in [-0.3, -0.25) is 0 Å². The molecule has 0 spiro atoms. The predicted octanol–water partition coefficient (Wildman–Crippen LogP) is 4.91. The molecule has 0 aliphatic carbocycles. The maximum Gasteiger partial charge on any atom is 0.0442 e. The average molecular weight is 241 g/mol. The molecule has 0 bridgehead atoms. The Kier molecular flexibility index (Phi) is 3.68. The van der Waals surface area contributed by atoms with Gasteiger partial charge in [0.15, 0.2) is 0 Å². The number of fused-ring (bicyclic) bond motifs is 1. The van der Waals surface area contributed by atoms with Crippen molar-refractivity contribution in [2.45, 2.75) is 38.5 Å². The van der Waals surface area contributed by atoms with E-state index in [1.807, 2.05) is 6.07 Å². The summed E-state index contributed by atoms with van der Waals surface area (Å²) in [6.45, 7) is 7.34. The lowest BCUT2D eigenvalue weighted by Crippen LogP contribution is -2.18. The van der Waals surface area contributed by atoms with Crippen LogP contribution in [0.3, 0.4) is 0 Å². The van der Waals surface area contributed by atoms with E-state index in [0.717, 1.165) is 0 Å². The summed E-state index contributed by atoms with van der Waals surface area (Å²) in [6.07, 6.45) is 2.55. The van der Waals surface area contributed by atoms with Gasteiger partial charge in [0, 0.05) is 8.07 Å². The molecule has 2 rings (SSSR count). The lowest BCUT2D eigenvalue weighted by Gasteiger charge is -2.15. The topological polar surface area (TPSA) is 0 Å². The van der Waals surface area contributed by atoms with Crippen molar-refractivity contribution >= 4 is 18.8 Å². The summed E-state index contributed by atoms with van der Waals surface area (Å²) in [6, 6.07) is 17.6. The molecule has 0 N–H and O–H groups in total. The van der Waals surface area contributed by atoms with E-state index in [2.05, 4.69) is 56.0 Å². The fourth-order valence-corrected chi connectivity index (χ4v) is 3.39. The van der Waals surface area contributed by atoms with Crippen LogP contribution in [0.4, 0.5) is 0 Å². The highest BCUT2D eigenvalue weighted by atomic mass is 28.3. The van der Waals surface area contributed by atoms with Crippen LogP contribution < -0.4 is 0 Å². The minimum absolute atomic E-state index is 0.870. The minimum atomic E-state index is -0.870. The van der Waals surface area contributed by atoms with Gasteiger partial charge in [-0.25, -0.2) is 0 Å². The maximum atomic E-state index is 3.12. The second kappa shape index (κ2) is 5.05. The molecule has 0 saturated carbocycles. The largest absolute Gasteiger partial charge is 0.0695 e. The molecule has 0 amide bonds. The van der Waals surface area contributed by atoms with E-state index >= 15 is 0 Å². The molecule has 17 heavy (non-hydrogen) atoms. The monoisotopic (exact) mass is 241 g/mol. The van der Waals surface area contributed by atoms with E-state index in [0.29, 0.717) is 0 Å². The Balaban J connectivity index is 2.04. The number of benzene rings is 2. The summed E-state index contributed by atoms with van der Waals surface area (Å²) in [5.41, 5.74) is 1.47. The Bertz CT molecular complexity index is 494. The summed E-state index contributed by atoms with van der Waals surface area (Å²) in [4.78, 5) is 0. The van der Waals surface area contributed by atoms with E-state index in [9.17, 15) is 0 Å². The Morgan fingerprint density at radius 3 is 2.65 bits per heavy atom. The molecule has 0 aliphatic rings. The Morgan fingerprint density at radius 2 is 1.88 bits per heavy atom. The van der Waals surface area contributed by atoms with Crippen LogP contribution in [0.25, 0.3) is 10.8 Å². The first-order chi connectivity index (χ1) is 8.04. The lowest BCUT2D eigenvalue weighted by atomic mass is 10.0. The zero-order valence-electron chi connectivity index (χ0n) is 11.1. The molecule has 89 valence electrons. The van der Waals surface area contributed by atoms with Crippen LogP contribution in [0, 0.1) is 6.07 Å². The summed E-state index contributed by atoms with van der Waals surface area (Å²) in [5, 5.41) is 2.63. The van der Waals surface area contributed by atoms with Gasteiger partial charge in [0.25, 0.3) is 0 Å². The zero-order chi connectivity index (χ0) is 12.3. The minimum Gasteiger partial charge on any atom is -0.0695 e. The van der Waals surface area contributed by atoms with Crippen LogP contribution in [0.1, 0.15) is 12.0 Å². The lowest BCUT2D eigenvalue weighted by molar-refractivity contribution is 0.903. The molecule has 0 heterocycles. The van der Waals surface area contributed by atoms with E-state index in [-0.39, 0.29) is 0 Å². The molecule has 0 fully saturated rings. The molecule has 0 saturated heterocycles. The Labute approximate surface area is 106 Å². The normalized spacial score (nSPS) is 11.9. The molecule has 0 nitrogen and oxygen atoms in total. The molecule has 1 radical (unpaired) electrons. The van der Waals surface area contributed by atoms with Gasteiger partial charge in [-0.1, -0.05) is 62.4 Å². The highest BCUT2D eigenvalue weighted by molar-refractivity contribution is 6.76. The number of hydrogen-bond acceptors (Lipinski definition) is 0. The number of aryl methyl sites for hydroxylation is 1. The van der Waals surface area contributed by atoms with Crippen molar-refractivity contribution in [3.8, 4) is 0 Å².